The van der Waals surface area contributed by atoms with Crippen LogP contribution in [-0.4, -0.2) is 0 Å². The molecule has 0 radical (unpaired) electrons. The minimum atomic E-state index is -0.289. The Hall–Kier alpha value is -11.2. The van der Waals surface area contributed by atoms with E-state index in [1.807, 2.05) is 0 Å². The second-order valence-electron chi connectivity index (χ2n) is 23.0. The largest absolute Gasteiger partial charge is 0.310 e. The number of hydrogen-bond donors (Lipinski definition) is 0. The lowest BCUT2D eigenvalue weighted by atomic mass is 9.82. The van der Waals surface area contributed by atoms with E-state index in [9.17, 15) is 0 Å². The van der Waals surface area contributed by atoms with E-state index in [-0.39, 0.29) is 5.41 Å². The van der Waals surface area contributed by atoms with E-state index in [1.165, 1.54) is 43.8 Å². The van der Waals surface area contributed by atoms with Crippen molar-refractivity contribution in [3.63, 3.8) is 0 Å². The molecule has 0 aliphatic heterocycles. The standard InChI is InChI=1S/C83H62N4/c1-83(2)81-57-77(86(69-27-11-5-12-28-69)73-45-35-63(36-46-73)61-31-41-71(42-32-61)84(67-23-7-3-8-24-67)75-49-39-59-19-15-17-21-65(59)55-75)51-53-79(81)80-54-52-78(58-82(80)83)87(70-29-13-6-14-30-70)74-47-37-64(38-48-74)62-33-43-72(44-34-62)85(68-25-9-4-10-26-68)76-50-40-60-20-16-18-22-66(60)56-76/h3-58H,1-2H3. The highest BCUT2D eigenvalue weighted by atomic mass is 15.2. The van der Waals surface area contributed by atoms with Crippen molar-refractivity contribution < 1.29 is 0 Å². The van der Waals surface area contributed by atoms with Crippen molar-refractivity contribution in [1.29, 1.82) is 0 Å². The summed E-state index contributed by atoms with van der Waals surface area (Å²) < 4.78 is 0. The smallest absolute Gasteiger partial charge is 0.0468 e. The van der Waals surface area contributed by atoms with Gasteiger partial charge in [0, 0.05) is 73.7 Å². The van der Waals surface area contributed by atoms with E-state index < -0.39 is 0 Å². The van der Waals surface area contributed by atoms with Crippen LogP contribution in [0.2, 0.25) is 0 Å². The summed E-state index contributed by atoms with van der Waals surface area (Å²) in [6.45, 7) is 4.76. The van der Waals surface area contributed by atoms with E-state index in [4.69, 9.17) is 0 Å². The Balaban J connectivity index is 0.707. The maximum absolute atomic E-state index is 2.42. The predicted molar refractivity (Wildman–Crippen MR) is 369 cm³/mol. The van der Waals surface area contributed by atoms with Gasteiger partial charge in [-0.2, -0.15) is 0 Å². The summed E-state index contributed by atoms with van der Waals surface area (Å²) >= 11 is 0. The molecule has 0 amide bonds. The third kappa shape index (κ3) is 10.0. The van der Waals surface area contributed by atoms with E-state index >= 15 is 0 Å². The molecule has 0 atom stereocenters. The number of rotatable bonds is 14. The molecule has 1 aliphatic carbocycles. The molecule has 14 aromatic carbocycles. The van der Waals surface area contributed by atoms with Crippen molar-refractivity contribution in [2.24, 2.45) is 0 Å². The highest BCUT2D eigenvalue weighted by molar-refractivity contribution is 5.93. The first-order valence-corrected chi connectivity index (χ1v) is 30.0. The minimum Gasteiger partial charge on any atom is -0.310 e. The van der Waals surface area contributed by atoms with E-state index in [1.54, 1.807) is 0 Å². The van der Waals surface area contributed by atoms with Gasteiger partial charge in [0.1, 0.15) is 0 Å². The maximum Gasteiger partial charge on any atom is 0.0468 e. The number of anilines is 12. The van der Waals surface area contributed by atoms with Crippen LogP contribution in [0.5, 0.6) is 0 Å². The lowest BCUT2D eigenvalue weighted by molar-refractivity contribution is 0.660. The molecular formula is C83H62N4. The summed E-state index contributed by atoms with van der Waals surface area (Å²) in [6.07, 6.45) is 0. The average molecular weight is 1120 g/mol. The Morgan fingerprint density at radius 1 is 0.184 bits per heavy atom. The van der Waals surface area contributed by atoms with Gasteiger partial charge in [-0.05, 0) is 212 Å². The van der Waals surface area contributed by atoms with Gasteiger partial charge in [0.2, 0.25) is 0 Å². The van der Waals surface area contributed by atoms with Gasteiger partial charge in [-0.3, -0.25) is 0 Å². The summed E-state index contributed by atoms with van der Waals surface area (Å²) in [5.74, 6) is 0. The predicted octanol–water partition coefficient (Wildman–Crippen LogP) is 23.5. The second kappa shape index (κ2) is 22.4. The van der Waals surface area contributed by atoms with Gasteiger partial charge in [-0.1, -0.05) is 208 Å². The highest BCUT2D eigenvalue weighted by Crippen LogP contribution is 2.53. The van der Waals surface area contributed by atoms with E-state index in [0.717, 1.165) is 90.5 Å². The van der Waals surface area contributed by atoms with Crippen LogP contribution in [0.15, 0.2) is 340 Å². The molecule has 4 heteroatoms. The number of fused-ring (bicyclic) bond motifs is 5. The number of hydrogen-bond acceptors (Lipinski definition) is 4. The van der Waals surface area contributed by atoms with Gasteiger partial charge in [-0.15, -0.1) is 0 Å². The fraction of sp³-hybridized carbons (Fsp3) is 0.0361. The molecule has 0 N–H and O–H groups in total. The van der Waals surface area contributed by atoms with Crippen LogP contribution in [-0.2, 0) is 5.41 Å². The molecule has 87 heavy (non-hydrogen) atoms. The molecule has 0 aromatic heterocycles. The first-order chi connectivity index (χ1) is 42.9. The van der Waals surface area contributed by atoms with Crippen molar-refractivity contribution in [2.45, 2.75) is 19.3 Å². The van der Waals surface area contributed by atoms with Gasteiger partial charge in [-0.25, -0.2) is 0 Å². The molecule has 414 valence electrons. The molecule has 14 aromatic rings. The topological polar surface area (TPSA) is 13.0 Å². The Kier molecular flexibility index (Phi) is 13.6. The molecule has 0 spiro atoms. The molecule has 1 aliphatic rings. The lowest BCUT2D eigenvalue weighted by Crippen LogP contribution is -2.17. The van der Waals surface area contributed by atoms with Crippen molar-refractivity contribution in [1.82, 2.24) is 0 Å². The van der Waals surface area contributed by atoms with Gasteiger partial charge >= 0.3 is 0 Å². The Labute approximate surface area is 510 Å². The van der Waals surface area contributed by atoms with Crippen molar-refractivity contribution in [2.75, 3.05) is 19.6 Å². The molecule has 0 bridgehead atoms. The van der Waals surface area contributed by atoms with Gasteiger partial charge in [0.15, 0.2) is 0 Å². The van der Waals surface area contributed by atoms with Gasteiger partial charge < -0.3 is 19.6 Å². The highest BCUT2D eigenvalue weighted by Gasteiger charge is 2.37. The van der Waals surface area contributed by atoms with E-state index in [0.29, 0.717) is 0 Å². The van der Waals surface area contributed by atoms with Crippen LogP contribution in [0.4, 0.5) is 68.2 Å². The van der Waals surface area contributed by atoms with Crippen LogP contribution in [0.1, 0.15) is 25.0 Å². The zero-order chi connectivity index (χ0) is 58.3. The number of nitrogens with zero attached hydrogens (tertiary/aromatic N) is 4. The van der Waals surface area contributed by atoms with E-state index in [2.05, 4.69) is 373 Å². The molecule has 0 fully saturated rings. The maximum atomic E-state index is 2.42. The molecule has 4 nitrogen and oxygen atoms in total. The Bertz CT molecular complexity index is 4430. The Morgan fingerprint density at radius 2 is 0.402 bits per heavy atom. The quantitative estimate of drug-likeness (QED) is 0.108. The molecule has 0 saturated heterocycles. The fourth-order valence-corrected chi connectivity index (χ4v) is 12.9. The summed E-state index contributed by atoms with van der Waals surface area (Å²) in [5, 5.41) is 4.89. The SMILES string of the molecule is CC1(C)c2cc(N(c3ccccc3)c3ccc(-c4ccc(N(c5ccccc5)c5ccc6ccccc6c5)cc4)cc3)ccc2-c2ccc(N(c3ccccc3)c3ccc(-c4ccc(N(c5ccccc5)c5ccc6ccccc6c5)cc4)cc3)cc21. The van der Waals surface area contributed by atoms with Crippen LogP contribution in [0.25, 0.3) is 54.9 Å². The lowest BCUT2D eigenvalue weighted by Gasteiger charge is -2.29. The minimum absolute atomic E-state index is 0.289. The molecule has 15 rings (SSSR count). The van der Waals surface area contributed by atoms with Crippen LogP contribution < -0.4 is 19.6 Å². The van der Waals surface area contributed by atoms with Crippen LogP contribution in [0.3, 0.4) is 0 Å². The number of para-hydroxylation sites is 4. The van der Waals surface area contributed by atoms with Crippen molar-refractivity contribution in [3.8, 4) is 33.4 Å². The summed E-state index contributed by atoms with van der Waals surface area (Å²) in [5.41, 5.74) is 22.8. The number of benzene rings is 14. The first-order valence-electron chi connectivity index (χ1n) is 30.0. The summed E-state index contributed by atoms with van der Waals surface area (Å²) in [7, 11) is 0. The average Bonchev–Trinajstić information content (AvgIpc) is 1.77. The first kappa shape index (κ1) is 52.6. The van der Waals surface area contributed by atoms with Crippen LogP contribution >= 0.6 is 0 Å². The van der Waals surface area contributed by atoms with Crippen molar-refractivity contribution in [3.05, 3.63) is 351 Å². The molecule has 0 unspecified atom stereocenters. The molecule has 0 heterocycles. The monoisotopic (exact) mass is 1110 g/mol. The zero-order valence-corrected chi connectivity index (χ0v) is 48.6. The fourth-order valence-electron chi connectivity index (χ4n) is 12.9. The molecular weight excluding hydrogens is 1050 g/mol. The summed E-state index contributed by atoms with van der Waals surface area (Å²) in [4.78, 5) is 9.44. The van der Waals surface area contributed by atoms with Gasteiger partial charge in [0.05, 0.1) is 0 Å². The third-order valence-electron chi connectivity index (χ3n) is 17.4. The van der Waals surface area contributed by atoms with Gasteiger partial charge in [0.25, 0.3) is 0 Å². The summed E-state index contributed by atoms with van der Waals surface area (Å²) in [6, 6.07) is 123. The normalized spacial score (nSPS) is 12.1. The van der Waals surface area contributed by atoms with Crippen molar-refractivity contribution >= 4 is 89.8 Å². The third-order valence-corrected chi connectivity index (χ3v) is 17.4. The second-order valence-corrected chi connectivity index (χ2v) is 23.0. The van der Waals surface area contributed by atoms with Crippen LogP contribution in [0, 0.1) is 0 Å². The zero-order valence-electron chi connectivity index (χ0n) is 48.6. The molecule has 0 saturated carbocycles. The Morgan fingerprint density at radius 3 is 0.690 bits per heavy atom.